The molecule has 17 heavy (non-hydrogen) atoms. The van der Waals surface area contributed by atoms with Crippen LogP contribution in [0.25, 0.3) is 0 Å². The monoisotopic (exact) mass is 272 g/mol. The van der Waals surface area contributed by atoms with E-state index in [0.717, 1.165) is 28.1 Å². The van der Waals surface area contributed by atoms with Gasteiger partial charge in [0, 0.05) is 0 Å². The quantitative estimate of drug-likeness (QED) is 0.921. The van der Waals surface area contributed by atoms with Gasteiger partial charge in [-0.05, 0) is 23.6 Å². The third-order valence-electron chi connectivity index (χ3n) is 1.94. The molecule has 6 heteroatoms. The molecule has 2 rings (SSSR count). The Morgan fingerprint density at radius 2 is 1.94 bits per heavy atom. The van der Waals surface area contributed by atoms with Gasteiger partial charge in [-0.15, -0.1) is 11.3 Å². The van der Waals surface area contributed by atoms with Crippen LogP contribution in [0.3, 0.4) is 0 Å². The van der Waals surface area contributed by atoms with Crippen molar-refractivity contribution in [1.29, 1.82) is 0 Å². The molecule has 0 aliphatic rings. The van der Waals surface area contributed by atoms with E-state index in [1.165, 1.54) is 11.3 Å². The van der Waals surface area contributed by atoms with E-state index in [2.05, 4.69) is 0 Å². The summed E-state index contributed by atoms with van der Waals surface area (Å²) in [4.78, 5) is 10.4. The first-order valence-electron chi connectivity index (χ1n) is 4.51. The Morgan fingerprint density at radius 1 is 1.29 bits per heavy atom. The molecule has 0 saturated carbocycles. The molecule has 2 aromatic rings. The molecule has 1 aromatic heterocycles. The summed E-state index contributed by atoms with van der Waals surface area (Å²) >= 11 is 2.30. The molecule has 0 atom stereocenters. The second-order valence-electron chi connectivity index (χ2n) is 3.11. The maximum Gasteiger partial charge on any atom is 0.335 e. The summed E-state index contributed by atoms with van der Waals surface area (Å²) in [5.74, 6) is -3.07. The van der Waals surface area contributed by atoms with Crippen LogP contribution in [-0.4, -0.2) is 11.1 Å². The number of halogens is 2. The lowest BCUT2D eigenvalue weighted by molar-refractivity contribution is 0.0695. The van der Waals surface area contributed by atoms with Crippen LogP contribution in [0, 0.1) is 11.6 Å². The minimum absolute atomic E-state index is 0.183. The van der Waals surface area contributed by atoms with E-state index in [-0.39, 0.29) is 4.90 Å². The van der Waals surface area contributed by atoms with Crippen molar-refractivity contribution in [1.82, 2.24) is 0 Å². The molecule has 0 unspecified atom stereocenters. The molecule has 0 amide bonds. The lowest BCUT2D eigenvalue weighted by Crippen LogP contribution is -2.00. The van der Waals surface area contributed by atoms with E-state index >= 15 is 0 Å². The molecule has 1 N–H and O–H groups in total. The van der Waals surface area contributed by atoms with E-state index in [1.807, 2.05) is 0 Å². The normalized spacial score (nSPS) is 10.5. The van der Waals surface area contributed by atoms with Crippen LogP contribution < -0.4 is 0 Å². The van der Waals surface area contributed by atoms with Gasteiger partial charge >= 0.3 is 5.97 Å². The van der Waals surface area contributed by atoms with Crippen LogP contribution in [0.4, 0.5) is 8.78 Å². The van der Waals surface area contributed by atoms with Gasteiger partial charge in [0.2, 0.25) is 0 Å². The molecule has 0 radical (unpaired) electrons. The predicted octanol–water partition coefficient (Wildman–Crippen LogP) is 3.88. The second kappa shape index (κ2) is 4.85. The van der Waals surface area contributed by atoms with E-state index in [4.69, 9.17) is 5.11 Å². The number of hydrogen-bond acceptors (Lipinski definition) is 3. The standard InChI is InChI=1S/C11H6F2O2S2/c12-7-4-6(11(14)15)5-8(13)10(7)17-9-2-1-3-16-9/h1-5H,(H,14,15). The minimum Gasteiger partial charge on any atom is -0.478 e. The lowest BCUT2D eigenvalue weighted by atomic mass is 10.2. The SMILES string of the molecule is O=C(O)c1cc(F)c(Sc2cccs2)c(F)c1. The lowest BCUT2D eigenvalue weighted by Gasteiger charge is -2.04. The number of carboxylic acid groups (broad SMARTS) is 1. The van der Waals surface area contributed by atoms with Crippen LogP contribution in [0.2, 0.25) is 0 Å². The highest BCUT2D eigenvalue weighted by Gasteiger charge is 2.15. The minimum atomic E-state index is -1.35. The zero-order valence-electron chi connectivity index (χ0n) is 8.31. The first-order valence-corrected chi connectivity index (χ1v) is 6.21. The summed E-state index contributed by atoms with van der Waals surface area (Å²) in [5, 5.41) is 10.4. The molecule has 0 fully saturated rings. The van der Waals surface area contributed by atoms with Crippen LogP contribution in [0.5, 0.6) is 0 Å². The molecule has 0 bridgehead atoms. The highest BCUT2D eigenvalue weighted by molar-refractivity contribution is 8.01. The molecule has 0 saturated heterocycles. The van der Waals surface area contributed by atoms with Gasteiger partial charge in [0.15, 0.2) is 0 Å². The van der Waals surface area contributed by atoms with Crippen molar-refractivity contribution in [2.45, 2.75) is 9.10 Å². The summed E-state index contributed by atoms with van der Waals surface area (Å²) in [5.41, 5.74) is -0.393. The zero-order chi connectivity index (χ0) is 12.4. The average Bonchev–Trinajstić information content (AvgIpc) is 2.75. The Labute approximate surface area is 104 Å². The van der Waals surface area contributed by atoms with Crippen LogP contribution in [0.15, 0.2) is 38.8 Å². The van der Waals surface area contributed by atoms with E-state index in [0.29, 0.717) is 0 Å². The Kier molecular flexibility index (Phi) is 3.44. The van der Waals surface area contributed by atoms with Gasteiger partial charge in [-0.25, -0.2) is 13.6 Å². The van der Waals surface area contributed by atoms with Crippen molar-refractivity contribution in [2.24, 2.45) is 0 Å². The number of rotatable bonds is 3. The Morgan fingerprint density at radius 3 is 2.41 bits per heavy atom. The summed E-state index contributed by atoms with van der Waals surface area (Å²) in [6.07, 6.45) is 0. The number of carboxylic acids is 1. The van der Waals surface area contributed by atoms with Gasteiger partial charge in [-0.1, -0.05) is 17.8 Å². The number of benzene rings is 1. The predicted molar refractivity (Wildman–Crippen MR) is 61.8 cm³/mol. The van der Waals surface area contributed by atoms with Crippen molar-refractivity contribution < 1.29 is 18.7 Å². The summed E-state index contributed by atoms with van der Waals surface area (Å²) in [6.45, 7) is 0. The van der Waals surface area contributed by atoms with Crippen LogP contribution in [-0.2, 0) is 0 Å². The third kappa shape index (κ3) is 2.65. The topological polar surface area (TPSA) is 37.3 Å². The molecule has 1 aromatic carbocycles. The Balaban J connectivity index is 2.38. The van der Waals surface area contributed by atoms with Crippen molar-refractivity contribution in [3.8, 4) is 0 Å². The summed E-state index contributed by atoms with van der Waals surface area (Å²) in [7, 11) is 0. The fourth-order valence-electron chi connectivity index (χ4n) is 1.20. The molecule has 0 aliphatic carbocycles. The Bertz CT molecular complexity index is 530. The van der Waals surface area contributed by atoms with Gasteiger partial charge < -0.3 is 5.11 Å². The number of hydrogen-bond donors (Lipinski definition) is 1. The maximum absolute atomic E-state index is 13.5. The highest BCUT2D eigenvalue weighted by Crippen LogP contribution is 2.35. The number of carbonyl (C=O) groups is 1. The zero-order valence-corrected chi connectivity index (χ0v) is 9.95. The summed E-state index contributed by atoms with van der Waals surface area (Å²) in [6, 6.07) is 5.15. The van der Waals surface area contributed by atoms with Crippen LogP contribution >= 0.6 is 23.1 Å². The largest absolute Gasteiger partial charge is 0.478 e. The fraction of sp³-hybridized carbons (Fsp3) is 0. The van der Waals surface area contributed by atoms with Crippen molar-refractivity contribution in [3.05, 3.63) is 46.8 Å². The van der Waals surface area contributed by atoms with Crippen molar-refractivity contribution in [2.75, 3.05) is 0 Å². The van der Waals surface area contributed by atoms with Crippen molar-refractivity contribution >= 4 is 29.1 Å². The fourth-order valence-corrected chi connectivity index (χ4v) is 2.92. The molecular weight excluding hydrogens is 266 g/mol. The molecule has 0 spiro atoms. The van der Waals surface area contributed by atoms with Gasteiger partial charge in [0.25, 0.3) is 0 Å². The van der Waals surface area contributed by atoms with Gasteiger partial charge in [-0.2, -0.15) is 0 Å². The van der Waals surface area contributed by atoms with Gasteiger partial charge in [0.05, 0.1) is 14.7 Å². The van der Waals surface area contributed by atoms with Crippen molar-refractivity contribution in [3.63, 3.8) is 0 Å². The number of thiophene rings is 1. The maximum atomic E-state index is 13.5. The smallest absolute Gasteiger partial charge is 0.335 e. The highest BCUT2D eigenvalue weighted by atomic mass is 32.2. The van der Waals surface area contributed by atoms with E-state index in [9.17, 15) is 13.6 Å². The van der Waals surface area contributed by atoms with Crippen LogP contribution in [0.1, 0.15) is 10.4 Å². The Hall–Kier alpha value is -1.40. The molecule has 88 valence electrons. The summed E-state index contributed by atoms with van der Waals surface area (Å²) < 4.78 is 27.8. The van der Waals surface area contributed by atoms with Gasteiger partial charge in [0.1, 0.15) is 11.6 Å². The first-order chi connectivity index (χ1) is 8.08. The first kappa shape index (κ1) is 12.1. The third-order valence-corrected chi connectivity index (χ3v) is 4.07. The van der Waals surface area contributed by atoms with E-state index < -0.39 is 23.2 Å². The van der Waals surface area contributed by atoms with E-state index in [1.54, 1.807) is 17.5 Å². The molecule has 1 heterocycles. The molecular formula is C11H6F2O2S2. The molecule has 2 nitrogen and oxygen atoms in total. The number of aromatic carboxylic acids is 1. The molecule has 0 aliphatic heterocycles. The second-order valence-corrected chi connectivity index (χ2v) is 5.37. The average molecular weight is 272 g/mol. The van der Waals surface area contributed by atoms with Gasteiger partial charge in [-0.3, -0.25) is 0 Å².